The van der Waals surface area contributed by atoms with Crippen LogP contribution in [0.2, 0.25) is 0 Å². The number of ether oxygens (including phenoxy) is 1. The van der Waals surface area contributed by atoms with Crippen LogP contribution in [0, 0.1) is 5.92 Å². The summed E-state index contributed by atoms with van der Waals surface area (Å²) in [5.74, 6) is 0.697. The van der Waals surface area contributed by atoms with Crippen LogP contribution in [0.1, 0.15) is 54.4 Å². The van der Waals surface area contributed by atoms with Crippen LogP contribution in [-0.4, -0.2) is 41.5 Å². The maximum absolute atomic E-state index is 12.7. The Hall–Kier alpha value is -0.980. The molecule has 1 aromatic rings. The van der Waals surface area contributed by atoms with Crippen molar-refractivity contribution in [1.82, 2.24) is 9.88 Å². The highest BCUT2D eigenvalue weighted by atomic mass is 32.1. The Morgan fingerprint density at radius 1 is 1.67 bits per heavy atom. The third-order valence-electron chi connectivity index (χ3n) is 4.01. The number of nitrogens with two attached hydrogens (primary N) is 1. The van der Waals surface area contributed by atoms with Gasteiger partial charge in [0, 0.05) is 25.7 Å². The van der Waals surface area contributed by atoms with E-state index < -0.39 is 0 Å². The standard InChI is InChI=1S/C15H25N3O2S/c1-4-20-11(3)14-17-9-13(21-14)15(19)18-6-5-10(2)7-12(18)8-16/h9-12H,4-8,16H2,1-3H3. The molecule has 2 heterocycles. The molecule has 0 spiro atoms. The van der Waals surface area contributed by atoms with Crippen LogP contribution in [0.25, 0.3) is 0 Å². The molecule has 5 nitrogen and oxygen atoms in total. The first kappa shape index (κ1) is 16.4. The maximum Gasteiger partial charge on any atom is 0.265 e. The van der Waals surface area contributed by atoms with E-state index >= 15 is 0 Å². The summed E-state index contributed by atoms with van der Waals surface area (Å²) in [6.07, 6.45) is 3.64. The van der Waals surface area contributed by atoms with Crippen LogP contribution >= 0.6 is 11.3 Å². The zero-order valence-corrected chi connectivity index (χ0v) is 13.9. The lowest BCUT2D eigenvalue weighted by Gasteiger charge is -2.37. The zero-order chi connectivity index (χ0) is 15.4. The molecule has 1 amide bonds. The number of thiazole rings is 1. The topological polar surface area (TPSA) is 68.5 Å². The Bertz CT molecular complexity index is 477. The van der Waals surface area contributed by atoms with E-state index in [1.54, 1.807) is 6.20 Å². The van der Waals surface area contributed by atoms with E-state index in [-0.39, 0.29) is 18.1 Å². The number of hydrogen-bond acceptors (Lipinski definition) is 5. The van der Waals surface area contributed by atoms with Gasteiger partial charge in [0.2, 0.25) is 0 Å². The molecule has 1 aliphatic rings. The van der Waals surface area contributed by atoms with Crippen molar-refractivity contribution < 1.29 is 9.53 Å². The number of rotatable bonds is 5. The quantitative estimate of drug-likeness (QED) is 0.907. The SMILES string of the molecule is CCOC(C)c1ncc(C(=O)N2CCC(C)CC2CN)s1. The summed E-state index contributed by atoms with van der Waals surface area (Å²) in [7, 11) is 0. The van der Waals surface area contributed by atoms with Gasteiger partial charge in [-0.25, -0.2) is 4.98 Å². The molecule has 0 aliphatic carbocycles. The summed E-state index contributed by atoms with van der Waals surface area (Å²) in [6, 6.07) is 0.149. The van der Waals surface area contributed by atoms with Crippen LogP contribution in [0.15, 0.2) is 6.20 Å². The van der Waals surface area contributed by atoms with Gasteiger partial charge in [0.1, 0.15) is 16.0 Å². The smallest absolute Gasteiger partial charge is 0.265 e. The van der Waals surface area contributed by atoms with Gasteiger partial charge in [0.05, 0.1) is 6.20 Å². The van der Waals surface area contributed by atoms with E-state index in [1.165, 1.54) is 11.3 Å². The van der Waals surface area contributed by atoms with E-state index in [1.807, 2.05) is 18.7 Å². The van der Waals surface area contributed by atoms with Crippen LogP contribution < -0.4 is 5.73 Å². The normalized spacial score (nSPS) is 24.1. The van der Waals surface area contributed by atoms with Crippen molar-refractivity contribution >= 4 is 17.2 Å². The fraction of sp³-hybridized carbons (Fsp3) is 0.733. The molecular formula is C15H25N3O2S. The molecule has 1 fully saturated rings. The number of likely N-dealkylation sites (tertiary alicyclic amines) is 1. The van der Waals surface area contributed by atoms with Crippen LogP contribution in [0.4, 0.5) is 0 Å². The van der Waals surface area contributed by atoms with Crippen molar-refractivity contribution in [3.05, 3.63) is 16.1 Å². The summed E-state index contributed by atoms with van der Waals surface area (Å²) in [4.78, 5) is 19.6. The minimum absolute atomic E-state index is 0.0600. The van der Waals surface area contributed by atoms with Crippen molar-refractivity contribution in [2.24, 2.45) is 11.7 Å². The summed E-state index contributed by atoms with van der Waals surface area (Å²) in [5, 5.41) is 0.856. The van der Waals surface area contributed by atoms with Crippen molar-refractivity contribution in [3.63, 3.8) is 0 Å². The molecule has 1 aromatic heterocycles. The maximum atomic E-state index is 12.7. The third-order valence-corrected chi connectivity index (χ3v) is 5.16. The fourth-order valence-corrected chi connectivity index (χ4v) is 3.65. The number of nitrogens with zero attached hydrogens (tertiary/aromatic N) is 2. The molecule has 0 radical (unpaired) electrons. The molecule has 0 bridgehead atoms. The molecule has 21 heavy (non-hydrogen) atoms. The summed E-state index contributed by atoms with van der Waals surface area (Å²) >= 11 is 1.43. The molecule has 6 heteroatoms. The molecule has 0 aromatic carbocycles. The molecule has 2 N–H and O–H groups in total. The van der Waals surface area contributed by atoms with Crippen molar-refractivity contribution in [3.8, 4) is 0 Å². The van der Waals surface area contributed by atoms with Gasteiger partial charge in [-0.1, -0.05) is 6.92 Å². The predicted molar refractivity (Wildman–Crippen MR) is 84.4 cm³/mol. The second kappa shape index (κ2) is 7.33. The summed E-state index contributed by atoms with van der Waals surface area (Å²) < 4.78 is 5.53. The second-order valence-electron chi connectivity index (χ2n) is 5.68. The number of piperidine rings is 1. The molecule has 0 saturated carbocycles. The second-order valence-corrected chi connectivity index (χ2v) is 6.74. The van der Waals surface area contributed by atoms with E-state index in [0.29, 0.717) is 23.9 Å². The molecule has 3 atom stereocenters. The monoisotopic (exact) mass is 311 g/mol. The minimum atomic E-state index is -0.0618. The molecular weight excluding hydrogens is 286 g/mol. The van der Waals surface area contributed by atoms with Crippen molar-refractivity contribution in [2.75, 3.05) is 19.7 Å². The number of carbonyl (C=O) groups is 1. The fourth-order valence-electron chi connectivity index (χ4n) is 2.78. The predicted octanol–water partition coefficient (Wildman–Crippen LogP) is 2.44. The number of hydrogen-bond donors (Lipinski definition) is 1. The van der Waals surface area contributed by atoms with Gasteiger partial charge in [-0.2, -0.15) is 0 Å². The highest BCUT2D eigenvalue weighted by molar-refractivity contribution is 7.13. The molecule has 2 rings (SSSR count). The first-order valence-corrected chi connectivity index (χ1v) is 8.46. The van der Waals surface area contributed by atoms with Crippen molar-refractivity contribution in [1.29, 1.82) is 0 Å². The first-order valence-electron chi connectivity index (χ1n) is 7.65. The van der Waals surface area contributed by atoms with Gasteiger partial charge in [-0.3, -0.25) is 4.79 Å². The molecule has 1 saturated heterocycles. The molecule has 3 unspecified atom stereocenters. The van der Waals surface area contributed by atoms with E-state index in [9.17, 15) is 4.79 Å². The summed E-state index contributed by atoms with van der Waals surface area (Å²) in [6.45, 7) is 8.09. The van der Waals surface area contributed by atoms with Crippen LogP contribution in [-0.2, 0) is 4.74 Å². The third kappa shape index (κ3) is 3.81. The molecule has 1 aliphatic heterocycles. The Morgan fingerprint density at radius 3 is 3.10 bits per heavy atom. The zero-order valence-electron chi connectivity index (χ0n) is 13.0. The van der Waals surface area contributed by atoms with E-state index in [0.717, 1.165) is 24.4 Å². The van der Waals surface area contributed by atoms with Crippen LogP contribution in [0.3, 0.4) is 0 Å². The Kier molecular flexibility index (Phi) is 5.72. The number of carbonyl (C=O) groups excluding carboxylic acids is 1. The van der Waals surface area contributed by atoms with Gasteiger partial charge in [-0.15, -0.1) is 11.3 Å². The van der Waals surface area contributed by atoms with Gasteiger partial charge in [-0.05, 0) is 32.6 Å². The van der Waals surface area contributed by atoms with Gasteiger partial charge in [0.25, 0.3) is 5.91 Å². The average Bonchev–Trinajstić information content (AvgIpc) is 2.96. The van der Waals surface area contributed by atoms with Gasteiger partial charge in [0.15, 0.2) is 0 Å². The van der Waals surface area contributed by atoms with E-state index in [2.05, 4.69) is 11.9 Å². The lowest BCUT2D eigenvalue weighted by Crippen LogP contribution is -2.49. The Balaban J connectivity index is 2.09. The van der Waals surface area contributed by atoms with Gasteiger partial charge >= 0.3 is 0 Å². The largest absolute Gasteiger partial charge is 0.372 e. The lowest BCUT2D eigenvalue weighted by atomic mass is 9.92. The van der Waals surface area contributed by atoms with Crippen molar-refractivity contribution in [2.45, 2.75) is 45.8 Å². The minimum Gasteiger partial charge on any atom is -0.372 e. The van der Waals surface area contributed by atoms with Gasteiger partial charge < -0.3 is 15.4 Å². The first-order chi connectivity index (χ1) is 10.1. The lowest BCUT2D eigenvalue weighted by molar-refractivity contribution is 0.0578. The molecule has 118 valence electrons. The number of aromatic nitrogens is 1. The highest BCUT2D eigenvalue weighted by Crippen LogP contribution is 2.27. The van der Waals surface area contributed by atoms with E-state index in [4.69, 9.17) is 10.5 Å². The Morgan fingerprint density at radius 2 is 2.43 bits per heavy atom. The Labute approximate surface area is 130 Å². The highest BCUT2D eigenvalue weighted by Gasteiger charge is 2.30. The van der Waals surface area contributed by atoms with Crippen LogP contribution in [0.5, 0.6) is 0 Å². The number of amides is 1. The summed E-state index contributed by atoms with van der Waals surface area (Å²) in [5.41, 5.74) is 5.84. The average molecular weight is 311 g/mol.